The Morgan fingerprint density at radius 2 is 2.05 bits per heavy atom. The molecule has 0 spiro atoms. The number of nitrogens with two attached hydrogens (primary N) is 1. The van der Waals surface area contributed by atoms with Gasteiger partial charge in [0.05, 0.1) is 17.4 Å². The zero-order valence-electron chi connectivity index (χ0n) is 9.45. The zero-order chi connectivity index (χ0) is 13.6. The monoisotopic (exact) mass is 267 g/mol. The van der Waals surface area contributed by atoms with Gasteiger partial charge in [-0.3, -0.25) is 5.10 Å². The quantitative estimate of drug-likeness (QED) is 0.709. The fourth-order valence-electron chi connectivity index (χ4n) is 1.92. The number of aromatic nitrogens is 2. The van der Waals surface area contributed by atoms with Gasteiger partial charge in [0.15, 0.2) is 5.76 Å². The first-order valence-electron chi connectivity index (χ1n) is 5.36. The molecule has 0 aliphatic carbocycles. The zero-order valence-corrected chi connectivity index (χ0v) is 9.45. The topological polar surface area (TPSA) is 67.8 Å². The molecule has 3 N–H and O–H groups in total. The molecule has 19 heavy (non-hydrogen) atoms. The van der Waals surface area contributed by atoms with Crippen molar-refractivity contribution in [1.82, 2.24) is 10.2 Å². The number of H-pyrrole nitrogens is 1. The summed E-state index contributed by atoms with van der Waals surface area (Å²) in [6.07, 6.45) is -3.06. The Kier molecular flexibility index (Phi) is 2.31. The SMILES string of the molecule is Nc1cn[nH]c1-c1cc2c(C(F)(F)F)cccc2o1. The number of nitrogens with zero attached hydrogens (tertiary/aromatic N) is 1. The van der Waals surface area contributed by atoms with Gasteiger partial charge < -0.3 is 10.2 Å². The van der Waals surface area contributed by atoms with Crippen molar-refractivity contribution in [3.8, 4) is 11.5 Å². The van der Waals surface area contributed by atoms with Crippen molar-refractivity contribution < 1.29 is 17.6 Å². The van der Waals surface area contributed by atoms with Crippen molar-refractivity contribution in [1.29, 1.82) is 0 Å². The van der Waals surface area contributed by atoms with Gasteiger partial charge in [-0.15, -0.1) is 0 Å². The molecule has 0 aliphatic heterocycles. The first-order chi connectivity index (χ1) is 8.97. The summed E-state index contributed by atoms with van der Waals surface area (Å²) in [5.41, 5.74) is 5.73. The molecule has 3 aromatic rings. The van der Waals surface area contributed by atoms with E-state index >= 15 is 0 Å². The van der Waals surface area contributed by atoms with E-state index in [4.69, 9.17) is 10.2 Å². The van der Waals surface area contributed by atoms with E-state index < -0.39 is 11.7 Å². The van der Waals surface area contributed by atoms with E-state index in [9.17, 15) is 13.2 Å². The maximum Gasteiger partial charge on any atom is 0.417 e. The highest BCUT2D eigenvalue weighted by molar-refractivity contribution is 5.87. The van der Waals surface area contributed by atoms with Gasteiger partial charge in [-0.2, -0.15) is 18.3 Å². The van der Waals surface area contributed by atoms with Gasteiger partial charge in [0, 0.05) is 5.39 Å². The second-order valence-corrected chi connectivity index (χ2v) is 4.03. The Hall–Kier alpha value is -2.44. The van der Waals surface area contributed by atoms with E-state index in [0.717, 1.165) is 6.07 Å². The van der Waals surface area contributed by atoms with E-state index in [1.807, 2.05) is 0 Å². The number of alkyl halides is 3. The molecule has 3 rings (SSSR count). The minimum atomic E-state index is -4.43. The van der Waals surface area contributed by atoms with Crippen molar-refractivity contribution in [2.45, 2.75) is 6.18 Å². The van der Waals surface area contributed by atoms with Crippen LogP contribution in [0.25, 0.3) is 22.4 Å². The molecule has 7 heteroatoms. The second kappa shape index (κ2) is 3.78. The summed E-state index contributed by atoms with van der Waals surface area (Å²) < 4.78 is 44.0. The number of rotatable bonds is 1. The first kappa shape index (κ1) is 11.6. The van der Waals surface area contributed by atoms with Crippen molar-refractivity contribution in [2.24, 2.45) is 0 Å². The average Bonchev–Trinajstić information content (AvgIpc) is 2.91. The summed E-state index contributed by atoms with van der Waals surface area (Å²) in [5, 5.41) is 6.30. The standard InChI is InChI=1S/C12H8F3N3O/c13-12(14,15)7-2-1-3-9-6(7)4-10(19-9)11-8(16)5-17-18-11/h1-5H,16H2,(H,17,18). The first-order valence-corrected chi connectivity index (χ1v) is 5.36. The van der Waals surface area contributed by atoms with Gasteiger partial charge in [0.1, 0.15) is 11.3 Å². The predicted molar refractivity (Wildman–Crippen MR) is 63.2 cm³/mol. The summed E-state index contributed by atoms with van der Waals surface area (Å²) in [6, 6.07) is 5.09. The fourth-order valence-corrected chi connectivity index (χ4v) is 1.92. The lowest BCUT2D eigenvalue weighted by atomic mass is 10.1. The number of nitrogen functional groups attached to an aromatic ring is 1. The summed E-state index contributed by atoms with van der Waals surface area (Å²) in [6.45, 7) is 0. The van der Waals surface area contributed by atoms with Crippen LogP contribution in [0.3, 0.4) is 0 Å². The highest BCUT2D eigenvalue weighted by Crippen LogP contribution is 2.38. The van der Waals surface area contributed by atoms with E-state index in [-0.39, 0.29) is 16.7 Å². The summed E-state index contributed by atoms with van der Waals surface area (Å²) in [5.74, 6) is 0.224. The van der Waals surface area contributed by atoms with Crippen LogP contribution >= 0.6 is 0 Å². The van der Waals surface area contributed by atoms with Gasteiger partial charge in [0.25, 0.3) is 0 Å². The number of hydrogen-bond donors (Lipinski definition) is 2. The minimum Gasteiger partial charge on any atom is -0.454 e. The van der Waals surface area contributed by atoms with Crippen molar-refractivity contribution >= 4 is 16.7 Å². The van der Waals surface area contributed by atoms with Crippen LogP contribution < -0.4 is 5.73 Å². The van der Waals surface area contributed by atoms with Crippen LogP contribution in [0.1, 0.15) is 5.56 Å². The number of aromatic amines is 1. The number of halogens is 3. The van der Waals surface area contributed by atoms with E-state index in [2.05, 4.69) is 10.2 Å². The lowest BCUT2D eigenvalue weighted by molar-refractivity contribution is -0.136. The number of furan rings is 1. The van der Waals surface area contributed by atoms with Crippen LogP contribution in [0.5, 0.6) is 0 Å². The number of anilines is 1. The van der Waals surface area contributed by atoms with Gasteiger partial charge in [-0.1, -0.05) is 6.07 Å². The highest BCUT2D eigenvalue weighted by Gasteiger charge is 2.33. The molecule has 4 nitrogen and oxygen atoms in total. The number of hydrogen-bond acceptors (Lipinski definition) is 3. The van der Waals surface area contributed by atoms with Crippen LogP contribution in [0.2, 0.25) is 0 Å². The van der Waals surface area contributed by atoms with Crippen LogP contribution in [-0.2, 0) is 6.18 Å². The minimum absolute atomic E-state index is 0.000926. The molecular weight excluding hydrogens is 259 g/mol. The van der Waals surface area contributed by atoms with Crippen LogP contribution in [-0.4, -0.2) is 10.2 Å². The van der Waals surface area contributed by atoms with Gasteiger partial charge in [0.2, 0.25) is 0 Å². The Bertz CT molecular complexity index is 742. The molecule has 0 bridgehead atoms. The average molecular weight is 267 g/mol. The van der Waals surface area contributed by atoms with Crippen LogP contribution in [0, 0.1) is 0 Å². The van der Waals surface area contributed by atoms with Crippen molar-refractivity contribution in [2.75, 3.05) is 5.73 Å². The molecule has 0 saturated heterocycles. The predicted octanol–water partition coefficient (Wildman–Crippen LogP) is 3.42. The normalized spacial score (nSPS) is 12.2. The Labute approximate surface area is 105 Å². The van der Waals surface area contributed by atoms with Crippen LogP contribution in [0.15, 0.2) is 34.9 Å². The molecular formula is C12H8F3N3O. The Morgan fingerprint density at radius 1 is 1.26 bits per heavy atom. The smallest absolute Gasteiger partial charge is 0.417 e. The lowest BCUT2D eigenvalue weighted by Gasteiger charge is -2.06. The van der Waals surface area contributed by atoms with Gasteiger partial charge in [-0.25, -0.2) is 0 Å². The Morgan fingerprint density at radius 3 is 2.68 bits per heavy atom. The highest BCUT2D eigenvalue weighted by atomic mass is 19.4. The van der Waals surface area contributed by atoms with Crippen molar-refractivity contribution in [3.05, 3.63) is 36.0 Å². The molecule has 0 unspecified atom stereocenters. The maximum absolute atomic E-state index is 12.9. The van der Waals surface area contributed by atoms with Gasteiger partial charge in [-0.05, 0) is 18.2 Å². The molecule has 2 aromatic heterocycles. The third kappa shape index (κ3) is 1.83. The lowest BCUT2D eigenvalue weighted by Crippen LogP contribution is -2.04. The van der Waals surface area contributed by atoms with Crippen LogP contribution in [0.4, 0.5) is 18.9 Å². The molecule has 0 fully saturated rings. The van der Waals surface area contributed by atoms with E-state index in [0.29, 0.717) is 11.4 Å². The molecule has 2 heterocycles. The number of fused-ring (bicyclic) bond motifs is 1. The molecule has 0 amide bonds. The molecule has 0 atom stereocenters. The molecule has 1 aromatic carbocycles. The summed E-state index contributed by atoms with van der Waals surface area (Å²) >= 11 is 0. The Balaban J connectivity index is 2.25. The summed E-state index contributed by atoms with van der Waals surface area (Å²) in [4.78, 5) is 0. The third-order valence-electron chi connectivity index (χ3n) is 2.78. The maximum atomic E-state index is 12.9. The van der Waals surface area contributed by atoms with E-state index in [1.165, 1.54) is 24.4 Å². The number of nitrogens with one attached hydrogen (secondary N) is 1. The molecule has 0 radical (unpaired) electrons. The van der Waals surface area contributed by atoms with E-state index in [1.54, 1.807) is 0 Å². The molecule has 98 valence electrons. The number of benzene rings is 1. The largest absolute Gasteiger partial charge is 0.454 e. The third-order valence-corrected chi connectivity index (χ3v) is 2.78. The molecule has 0 saturated carbocycles. The van der Waals surface area contributed by atoms with Crippen molar-refractivity contribution in [3.63, 3.8) is 0 Å². The summed E-state index contributed by atoms with van der Waals surface area (Å²) in [7, 11) is 0. The molecule has 0 aliphatic rings. The van der Waals surface area contributed by atoms with Gasteiger partial charge >= 0.3 is 6.18 Å². The fraction of sp³-hybridized carbons (Fsp3) is 0.0833. The second-order valence-electron chi connectivity index (χ2n) is 4.03.